The van der Waals surface area contributed by atoms with Crippen LogP contribution in [-0.2, 0) is 16.2 Å². The number of para-hydroxylation sites is 2. The summed E-state index contributed by atoms with van der Waals surface area (Å²) >= 11 is 6.16. The number of nitrogens with zero attached hydrogens (tertiary/aromatic N) is 1. The number of aryl methyl sites for hydroxylation is 2. The van der Waals surface area contributed by atoms with Crippen LogP contribution in [0.15, 0.2) is 71.8 Å². The number of amides is 2. The van der Waals surface area contributed by atoms with Gasteiger partial charge in [0.1, 0.15) is 12.4 Å². The van der Waals surface area contributed by atoms with E-state index in [0.717, 1.165) is 16.7 Å². The van der Waals surface area contributed by atoms with Crippen LogP contribution in [0.25, 0.3) is 0 Å². The molecule has 0 fully saturated rings. The van der Waals surface area contributed by atoms with Crippen LogP contribution in [-0.4, -0.2) is 18.0 Å². The van der Waals surface area contributed by atoms with E-state index in [4.69, 9.17) is 16.3 Å². The summed E-state index contributed by atoms with van der Waals surface area (Å²) in [5.41, 5.74) is 6.09. The maximum Gasteiger partial charge on any atom is 0.329 e. The maximum absolute atomic E-state index is 12.2. The lowest BCUT2D eigenvalue weighted by Gasteiger charge is -2.11. The van der Waals surface area contributed by atoms with Crippen LogP contribution in [0.2, 0.25) is 5.02 Å². The van der Waals surface area contributed by atoms with E-state index in [0.29, 0.717) is 22.0 Å². The lowest BCUT2D eigenvalue weighted by atomic mass is 10.1. The Hall–Kier alpha value is -3.64. The number of hydrazone groups is 1. The lowest BCUT2D eigenvalue weighted by Crippen LogP contribution is -2.32. The van der Waals surface area contributed by atoms with Gasteiger partial charge in [-0.1, -0.05) is 60.1 Å². The van der Waals surface area contributed by atoms with E-state index in [1.54, 1.807) is 18.2 Å². The van der Waals surface area contributed by atoms with E-state index in [9.17, 15) is 9.59 Å². The van der Waals surface area contributed by atoms with Gasteiger partial charge in [0.25, 0.3) is 0 Å². The normalized spacial score (nSPS) is 10.7. The van der Waals surface area contributed by atoms with Gasteiger partial charge in [0, 0.05) is 21.8 Å². The summed E-state index contributed by atoms with van der Waals surface area (Å²) in [4.78, 5) is 24.3. The number of anilines is 1. The number of nitrogens with one attached hydrogen (secondary N) is 2. The Morgan fingerprint density at radius 2 is 1.61 bits per heavy atom. The smallest absolute Gasteiger partial charge is 0.329 e. The molecule has 0 aromatic heterocycles. The molecule has 0 aliphatic carbocycles. The summed E-state index contributed by atoms with van der Waals surface area (Å²) in [6.45, 7) is 4.01. The van der Waals surface area contributed by atoms with Crippen LogP contribution in [0.4, 0.5) is 5.69 Å². The predicted octanol–water partition coefficient (Wildman–Crippen LogP) is 4.62. The lowest BCUT2D eigenvalue weighted by molar-refractivity contribution is -0.136. The number of rotatable bonds is 6. The largest absolute Gasteiger partial charge is 0.488 e. The molecule has 158 valence electrons. The Morgan fingerprint density at radius 3 is 2.35 bits per heavy atom. The minimum Gasteiger partial charge on any atom is -0.488 e. The van der Waals surface area contributed by atoms with Crippen molar-refractivity contribution in [2.45, 2.75) is 20.5 Å². The highest BCUT2D eigenvalue weighted by Gasteiger charge is 2.15. The monoisotopic (exact) mass is 435 g/mol. The SMILES string of the molecule is Cc1cccc(C)c1NC(=O)C(=O)NN=Cc1ccccc1OCc1ccccc1Cl. The molecule has 0 unspecified atom stereocenters. The van der Waals surface area contributed by atoms with Gasteiger partial charge < -0.3 is 10.1 Å². The highest BCUT2D eigenvalue weighted by molar-refractivity contribution is 6.39. The molecule has 2 N–H and O–H groups in total. The fourth-order valence-electron chi connectivity index (χ4n) is 2.88. The van der Waals surface area contributed by atoms with E-state index in [2.05, 4.69) is 15.8 Å². The van der Waals surface area contributed by atoms with Gasteiger partial charge in [0.15, 0.2) is 0 Å². The number of carbonyl (C=O) groups is 2. The number of halogens is 1. The number of hydrogen-bond donors (Lipinski definition) is 2. The number of hydrogen-bond acceptors (Lipinski definition) is 4. The average Bonchev–Trinajstić information content (AvgIpc) is 2.76. The average molecular weight is 436 g/mol. The first-order valence-corrected chi connectivity index (χ1v) is 9.99. The number of ether oxygens (including phenoxy) is 1. The van der Waals surface area contributed by atoms with Gasteiger partial charge in [-0.3, -0.25) is 9.59 Å². The quantitative estimate of drug-likeness (QED) is 0.336. The van der Waals surface area contributed by atoms with Crippen molar-refractivity contribution in [1.82, 2.24) is 5.43 Å². The third-order valence-electron chi connectivity index (χ3n) is 4.56. The molecule has 3 aromatic rings. The summed E-state index contributed by atoms with van der Waals surface area (Å²) in [7, 11) is 0. The molecule has 0 aliphatic rings. The van der Waals surface area contributed by atoms with Crippen LogP contribution >= 0.6 is 11.6 Å². The van der Waals surface area contributed by atoms with E-state index in [-0.39, 0.29) is 6.61 Å². The van der Waals surface area contributed by atoms with Crippen molar-refractivity contribution in [2.24, 2.45) is 5.10 Å². The number of carbonyl (C=O) groups excluding carboxylic acids is 2. The molecule has 6 nitrogen and oxygen atoms in total. The van der Waals surface area contributed by atoms with Crippen molar-refractivity contribution in [3.05, 3.63) is 94.0 Å². The molecular weight excluding hydrogens is 414 g/mol. The van der Waals surface area contributed by atoms with Crippen molar-refractivity contribution in [1.29, 1.82) is 0 Å². The van der Waals surface area contributed by atoms with E-state index < -0.39 is 11.8 Å². The Labute approximate surface area is 185 Å². The molecular formula is C24H22ClN3O3. The molecule has 31 heavy (non-hydrogen) atoms. The van der Waals surface area contributed by atoms with E-state index in [1.807, 2.05) is 62.4 Å². The minimum atomic E-state index is -0.867. The maximum atomic E-state index is 12.2. The second-order valence-corrected chi connectivity index (χ2v) is 7.25. The van der Waals surface area contributed by atoms with Crippen molar-refractivity contribution < 1.29 is 14.3 Å². The first-order chi connectivity index (χ1) is 15.0. The molecule has 3 rings (SSSR count). The topological polar surface area (TPSA) is 79.8 Å². The van der Waals surface area contributed by atoms with Crippen LogP contribution in [0.5, 0.6) is 5.75 Å². The highest BCUT2D eigenvalue weighted by atomic mass is 35.5. The summed E-state index contributed by atoms with van der Waals surface area (Å²) in [5.74, 6) is -1.09. The predicted molar refractivity (Wildman–Crippen MR) is 123 cm³/mol. The second-order valence-electron chi connectivity index (χ2n) is 6.84. The van der Waals surface area contributed by atoms with Gasteiger partial charge in [-0.05, 0) is 43.2 Å². The van der Waals surface area contributed by atoms with Crippen molar-refractivity contribution in [3.8, 4) is 5.75 Å². The van der Waals surface area contributed by atoms with Gasteiger partial charge in [0.2, 0.25) is 0 Å². The summed E-state index contributed by atoms with van der Waals surface area (Å²) in [6, 6.07) is 20.2. The van der Waals surface area contributed by atoms with Gasteiger partial charge in [-0.15, -0.1) is 0 Å². The van der Waals surface area contributed by atoms with Crippen LogP contribution in [0, 0.1) is 13.8 Å². The fourth-order valence-corrected chi connectivity index (χ4v) is 3.07. The molecule has 7 heteroatoms. The first kappa shape index (κ1) is 22.1. The molecule has 0 spiro atoms. The zero-order valence-electron chi connectivity index (χ0n) is 17.2. The molecule has 0 heterocycles. The van der Waals surface area contributed by atoms with Crippen LogP contribution < -0.4 is 15.5 Å². The zero-order valence-corrected chi connectivity index (χ0v) is 17.9. The summed E-state index contributed by atoms with van der Waals surface area (Å²) in [5, 5.41) is 7.13. The standard InChI is InChI=1S/C24H22ClN3O3/c1-16-8-7-9-17(2)22(16)27-23(29)24(30)28-26-14-18-10-4-6-13-21(18)31-15-19-11-3-5-12-20(19)25/h3-14H,15H2,1-2H3,(H,27,29)(H,28,30). The molecule has 0 saturated heterocycles. The number of benzene rings is 3. The second kappa shape index (κ2) is 10.4. The minimum absolute atomic E-state index is 0.287. The fraction of sp³-hybridized carbons (Fsp3) is 0.125. The van der Waals surface area contributed by atoms with Gasteiger partial charge in [-0.2, -0.15) is 5.10 Å². The first-order valence-electron chi connectivity index (χ1n) is 9.61. The third kappa shape index (κ3) is 5.93. The van der Waals surface area contributed by atoms with Gasteiger partial charge in [-0.25, -0.2) is 5.43 Å². The van der Waals surface area contributed by atoms with E-state index in [1.165, 1.54) is 6.21 Å². The molecule has 0 atom stereocenters. The Kier molecular flexibility index (Phi) is 7.40. The zero-order chi connectivity index (χ0) is 22.2. The summed E-state index contributed by atoms with van der Waals surface area (Å²) < 4.78 is 5.85. The van der Waals surface area contributed by atoms with Gasteiger partial charge in [0.05, 0.1) is 6.21 Å². The molecule has 0 aliphatic heterocycles. The molecule has 0 saturated carbocycles. The van der Waals surface area contributed by atoms with Crippen molar-refractivity contribution in [3.63, 3.8) is 0 Å². The van der Waals surface area contributed by atoms with Crippen molar-refractivity contribution in [2.75, 3.05) is 5.32 Å². The van der Waals surface area contributed by atoms with E-state index >= 15 is 0 Å². The van der Waals surface area contributed by atoms with Crippen molar-refractivity contribution >= 4 is 35.3 Å². The van der Waals surface area contributed by atoms with Crippen LogP contribution in [0.3, 0.4) is 0 Å². The Bertz CT molecular complexity index is 1110. The molecule has 0 radical (unpaired) electrons. The molecule has 2 amide bonds. The van der Waals surface area contributed by atoms with Gasteiger partial charge >= 0.3 is 11.8 Å². The molecule has 3 aromatic carbocycles. The van der Waals surface area contributed by atoms with Crippen LogP contribution in [0.1, 0.15) is 22.3 Å². The Balaban J connectivity index is 1.61. The molecule has 0 bridgehead atoms. The third-order valence-corrected chi connectivity index (χ3v) is 4.92. The highest BCUT2D eigenvalue weighted by Crippen LogP contribution is 2.21. The summed E-state index contributed by atoms with van der Waals surface area (Å²) in [6.07, 6.45) is 1.42. The Morgan fingerprint density at radius 1 is 0.935 bits per heavy atom.